The van der Waals surface area contributed by atoms with Crippen molar-refractivity contribution in [2.24, 2.45) is 0 Å². The number of hydrogen-bond donors (Lipinski definition) is 0. The molecule has 0 saturated carbocycles. The molecule has 168 valence electrons. The van der Waals surface area contributed by atoms with Gasteiger partial charge in [0, 0.05) is 12.0 Å². The summed E-state index contributed by atoms with van der Waals surface area (Å²) >= 11 is 0. The summed E-state index contributed by atoms with van der Waals surface area (Å²) in [6.45, 7) is 5.58. The van der Waals surface area contributed by atoms with E-state index in [4.69, 9.17) is 18.3 Å². The highest BCUT2D eigenvalue weighted by atomic mass is 31.2. The summed E-state index contributed by atoms with van der Waals surface area (Å²) in [5.41, 5.74) is 0. The predicted molar refractivity (Wildman–Crippen MR) is 123 cm³/mol. The molecule has 0 bridgehead atoms. The molecule has 30 heavy (non-hydrogen) atoms. The van der Waals surface area contributed by atoms with Gasteiger partial charge in [-0.15, -0.1) is 0 Å². The molecular formula is C24H37O5P. The van der Waals surface area contributed by atoms with Crippen LogP contribution in [0.4, 0.5) is 0 Å². The summed E-state index contributed by atoms with van der Waals surface area (Å²) in [5, 5.41) is 1.89. The van der Waals surface area contributed by atoms with E-state index in [1.54, 1.807) is 6.07 Å². The Bertz CT molecular complexity index is 759. The zero-order valence-corrected chi connectivity index (χ0v) is 19.4. The minimum Gasteiger partial charge on any atom is -0.403 e. The van der Waals surface area contributed by atoms with E-state index in [9.17, 15) is 4.57 Å². The van der Waals surface area contributed by atoms with E-state index in [-0.39, 0.29) is 6.61 Å². The van der Waals surface area contributed by atoms with Gasteiger partial charge < -0.3 is 9.26 Å². The van der Waals surface area contributed by atoms with Crippen LogP contribution in [-0.2, 0) is 18.3 Å². The Morgan fingerprint density at radius 1 is 0.733 bits per heavy atom. The van der Waals surface area contributed by atoms with Gasteiger partial charge >= 0.3 is 7.82 Å². The van der Waals surface area contributed by atoms with E-state index in [1.807, 2.05) is 43.3 Å². The molecule has 1 atom stereocenters. The highest BCUT2D eigenvalue weighted by Gasteiger charge is 2.29. The van der Waals surface area contributed by atoms with Crippen molar-refractivity contribution in [1.82, 2.24) is 0 Å². The van der Waals surface area contributed by atoms with Gasteiger partial charge in [-0.25, -0.2) is 4.57 Å². The van der Waals surface area contributed by atoms with Crippen LogP contribution >= 0.6 is 7.82 Å². The van der Waals surface area contributed by atoms with Crippen LogP contribution in [0.15, 0.2) is 42.5 Å². The summed E-state index contributed by atoms with van der Waals surface area (Å²) in [6, 6.07) is 13.5. The van der Waals surface area contributed by atoms with Crippen molar-refractivity contribution in [2.45, 2.75) is 65.2 Å². The molecule has 0 saturated heterocycles. The number of benzene rings is 2. The Kier molecular flexibility index (Phi) is 12.1. The molecule has 1 unspecified atom stereocenters. The van der Waals surface area contributed by atoms with E-state index in [0.717, 1.165) is 23.6 Å². The largest absolute Gasteiger partial charge is 0.530 e. The van der Waals surface area contributed by atoms with E-state index in [1.165, 1.54) is 38.5 Å². The number of unbranched alkanes of at least 4 members (excludes halogenated alkanes) is 7. The van der Waals surface area contributed by atoms with Crippen LogP contribution in [0.3, 0.4) is 0 Å². The topological polar surface area (TPSA) is 54.0 Å². The fourth-order valence-electron chi connectivity index (χ4n) is 3.25. The van der Waals surface area contributed by atoms with E-state index in [0.29, 0.717) is 25.6 Å². The smallest absolute Gasteiger partial charge is 0.403 e. The van der Waals surface area contributed by atoms with E-state index in [2.05, 4.69) is 6.92 Å². The first-order valence-electron chi connectivity index (χ1n) is 11.3. The number of fused-ring (bicyclic) bond motifs is 1. The number of phosphoric acid groups is 1. The lowest BCUT2D eigenvalue weighted by molar-refractivity contribution is 0.0847. The third kappa shape index (κ3) is 9.18. The first-order valence-corrected chi connectivity index (χ1v) is 12.8. The number of phosphoric ester groups is 1. The predicted octanol–water partition coefficient (Wildman–Crippen LogP) is 7.54. The molecule has 0 fully saturated rings. The SMILES string of the molecule is CCCCCCCCCCOP(=O)(OCCOCC)Oc1cccc2ccccc12. The Hall–Kier alpha value is -1.39. The Labute approximate surface area is 181 Å². The zero-order valence-electron chi connectivity index (χ0n) is 18.5. The van der Waals surface area contributed by atoms with Crippen LogP contribution in [0.1, 0.15) is 65.2 Å². The van der Waals surface area contributed by atoms with Gasteiger partial charge in [-0.1, -0.05) is 88.3 Å². The standard InChI is InChI=1S/C24H37O5P/c1-3-5-6-7-8-9-10-13-19-27-30(25,28-21-20-26-4-2)29-24-18-14-16-22-15-11-12-17-23(22)24/h11-12,14-18H,3-10,13,19-21H2,1-2H3. The number of rotatable bonds is 17. The maximum Gasteiger partial charge on any atom is 0.530 e. The van der Waals surface area contributed by atoms with Crippen LogP contribution in [0.2, 0.25) is 0 Å². The Balaban J connectivity index is 1.88. The molecule has 2 aromatic rings. The Morgan fingerprint density at radius 3 is 2.17 bits per heavy atom. The average molecular weight is 437 g/mol. The highest BCUT2D eigenvalue weighted by Crippen LogP contribution is 2.50. The van der Waals surface area contributed by atoms with Gasteiger partial charge in [0.15, 0.2) is 0 Å². The molecule has 0 spiro atoms. The van der Waals surface area contributed by atoms with Crippen LogP contribution in [0.25, 0.3) is 10.8 Å². The molecule has 0 aliphatic carbocycles. The van der Waals surface area contributed by atoms with Crippen LogP contribution < -0.4 is 4.52 Å². The molecule has 0 amide bonds. The summed E-state index contributed by atoms with van der Waals surface area (Å²) in [6.07, 6.45) is 9.50. The van der Waals surface area contributed by atoms with Crippen molar-refractivity contribution >= 4 is 18.6 Å². The van der Waals surface area contributed by atoms with Gasteiger partial charge in [-0.3, -0.25) is 9.05 Å². The van der Waals surface area contributed by atoms with Crippen molar-refractivity contribution in [3.8, 4) is 5.75 Å². The van der Waals surface area contributed by atoms with Crippen LogP contribution in [0, 0.1) is 0 Å². The average Bonchev–Trinajstić information content (AvgIpc) is 2.76. The molecule has 0 radical (unpaired) electrons. The molecule has 0 heterocycles. The second-order valence-electron chi connectivity index (χ2n) is 7.35. The first kappa shape index (κ1) is 24.9. The fraction of sp³-hybridized carbons (Fsp3) is 0.583. The number of ether oxygens (including phenoxy) is 1. The molecule has 0 aliphatic heterocycles. The summed E-state index contributed by atoms with van der Waals surface area (Å²) < 4.78 is 35.6. The minimum absolute atomic E-state index is 0.160. The summed E-state index contributed by atoms with van der Waals surface area (Å²) in [5.74, 6) is 0.503. The fourth-order valence-corrected chi connectivity index (χ4v) is 4.48. The third-order valence-corrected chi connectivity index (χ3v) is 6.31. The van der Waals surface area contributed by atoms with Crippen molar-refractivity contribution in [3.63, 3.8) is 0 Å². The lowest BCUT2D eigenvalue weighted by atomic mass is 10.1. The van der Waals surface area contributed by atoms with Gasteiger partial charge in [-0.05, 0) is 24.8 Å². The molecule has 0 aromatic heterocycles. The first-order chi connectivity index (χ1) is 14.7. The van der Waals surface area contributed by atoms with Crippen molar-refractivity contribution < 1.29 is 22.9 Å². The van der Waals surface area contributed by atoms with E-state index < -0.39 is 7.82 Å². The third-order valence-electron chi connectivity index (χ3n) is 4.89. The van der Waals surface area contributed by atoms with Gasteiger partial charge in [0.2, 0.25) is 0 Å². The van der Waals surface area contributed by atoms with Crippen molar-refractivity contribution in [2.75, 3.05) is 26.4 Å². The van der Waals surface area contributed by atoms with Gasteiger partial charge in [-0.2, -0.15) is 0 Å². The van der Waals surface area contributed by atoms with Crippen molar-refractivity contribution in [1.29, 1.82) is 0 Å². The zero-order chi connectivity index (χ0) is 21.5. The van der Waals surface area contributed by atoms with Crippen molar-refractivity contribution in [3.05, 3.63) is 42.5 Å². The van der Waals surface area contributed by atoms with Crippen LogP contribution in [-0.4, -0.2) is 26.4 Å². The lowest BCUT2D eigenvalue weighted by Crippen LogP contribution is -2.09. The number of hydrogen-bond acceptors (Lipinski definition) is 5. The van der Waals surface area contributed by atoms with Crippen LogP contribution in [0.5, 0.6) is 5.75 Å². The summed E-state index contributed by atoms with van der Waals surface area (Å²) in [4.78, 5) is 0. The second kappa shape index (κ2) is 14.6. The molecule has 0 N–H and O–H groups in total. The Morgan fingerprint density at radius 2 is 1.40 bits per heavy atom. The van der Waals surface area contributed by atoms with Gasteiger partial charge in [0.1, 0.15) is 5.75 Å². The van der Waals surface area contributed by atoms with Gasteiger partial charge in [0.05, 0.1) is 19.8 Å². The highest BCUT2D eigenvalue weighted by molar-refractivity contribution is 7.48. The molecule has 6 heteroatoms. The quantitative estimate of drug-likeness (QED) is 0.189. The maximum absolute atomic E-state index is 13.3. The normalized spacial score (nSPS) is 13.4. The molecule has 5 nitrogen and oxygen atoms in total. The molecule has 2 aromatic carbocycles. The molecule has 2 rings (SSSR count). The monoisotopic (exact) mass is 436 g/mol. The minimum atomic E-state index is -3.74. The van der Waals surface area contributed by atoms with Gasteiger partial charge in [0.25, 0.3) is 0 Å². The summed E-state index contributed by atoms with van der Waals surface area (Å²) in [7, 11) is -3.74. The lowest BCUT2D eigenvalue weighted by Gasteiger charge is -2.19. The molecular weight excluding hydrogens is 399 g/mol. The maximum atomic E-state index is 13.3. The van der Waals surface area contributed by atoms with E-state index >= 15 is 0 Å². The molecule has 0 aliphatic rings. The second-order valence-corrected chi connectivity index (χ2v) is 8.95.